The van der Waals surface area contributed by atoms with Crippen molar-refractivity contribution in [2.24, 2.45) is 0 Å². The summed E-state index contributed by atoms with van der Waals surface area (Å²) < 4.78 is 34.0. The quantitative estimate of drug-likeness (QED) is 0.239. The van der Waals surface area contributed by atoms with Crippen molar-refractivity contribution in [3.05, 3.63) is 91.4 Å². The van der Waals surface area contributed by atoms with Crippen molar-refractivity contribution in [1.29, 1.82) is 0 Å². The molecule has 0 fully saturated rings. The van der Waals surface area contributed by atoms with E-state index in [2.05, 4.69) is 0 Å². The molecule has 1 atom stereocenters. The minimum absolute atomic E-state index is 0.0690. The van der Waals surface area contributed by atoms with Crippen LogP contribution in [-0.4, -0.2) is 23.2 Å². The monoisotopic (exact) mass is 492 g/mol. The third kappa shape index (κ3) is 3.54. The molecule has 0 heterocycles. The molecular weight excluding hydrogens is 482 g/mol. The molecule has 3 aromatic carbocycles. The van der Waals surface area contributed by atoms with E-state index < -0.39 is 26.4 Å². The standard InChI is InChI=1S/C19H12Cl4O5S/c20-13-7-6-12(16(21)17(13)22)19(29(26,27)28,10-4-2-1-3-5-10)11-8-14(24)18(23)15(25)9-11/h1-9,24-25H,(H,26,27,28). The van der Waals surface area contributed by atoms with Crippen LogP contribution in [0.5, 0.6) is 11.5 Å². The predicted molar refractivity (Wildman–Crippen MR) is 114 cm³/mol. The topological polar surface area (TPSA) is 94.8 Å². The summed E-state index contributed by atoms with van der Waals surface area (Å²) in [4.78, 5) is 0. The van der Waals surface area contributed by atoms with Gasteiger partial charge in [-0.25, -0.2) is 0 Å². The van der Waals surface area contributed by atoms with Crippen LogP contribution in [-0.2, 0) is 14.9 Å². The van der Waals surface area contributed by atoms with Crippen molar-refractivity contribution >= 4 is 56.5 Å². The zero-order valence-corrected chi connectivity index (χ0v) is 18.1. The number of benzene rings is 3. The average Bonchev–Trinajstić information content (AvgIpc) is 2.66. The molecule has 10 heteroatoms. The second kappa shape index (κ2) is 7.87. The molecule has 0 bridgehead atoms. The van der Waals surface area contributed by atoms with Gasteiger partial charge in [0.2, 0.25) is 0 Å². The molecule has 0 amide bonds. The van der Waals surface area contributed by atoms with Crippen LogP contribution in [0.15, 0.2) is 54.6 Å². The molecule has 3 rings (SSSR count). The Balaban J connectivity index is 2.60. The average molecular weight is 494 g/mol. The highest BCUT2D eigenvalue weighted by Crippen LogP contribution is 2.51. The van der Waals surface area contributed by atoms with Gasteiger partial charge in [-0.15, -0.1) is 0 Å². The van der Waals surface area contributed by atoms with Gasteiger partial charge in [-0.05, 0) is 29.3 Å². The Hall–Kier alpha value is -1.67. The first kappa shape index (κ1) is 22.0. The van der Waals surface area contributed by atoms with Gasteiger partial charge in [0.25, 0.3) is 10.1 Å². The second-order valence-corrected chi connectivity index (χ2v) is 9.18. The predicted octanol–water partition coefficient (Wildman–Crippen LogP) is 5.89. The zero-order chi connectivity index (χ0) is 21.6. The Morgan fingerprint density at radius 2 is 1.28 bits per heavy atom. The number of aromatic hydroxyl groups is 2. The van der Waals surface area contributed by atoms with E-state index in [0.717, 1.165) is 12.1 Å². The second-order valence-electron chi connectivity index (χ2n) is 6.07. The maximum Gasteiger partial charge on any atom is 0.283 e. The molecule has 0 saturated heterocycles. The molecule has 29 heavy (non-hydrogen) atoms. The maximum absolute atomic E-state index is 12.9. The van der Waals surface area contributed by atoms with Crippen LogP contribution in [0.1, 0.15) is 16.7 Å². The largest absolute Gasteiger partial charge is 0.506 e. The van der Waals surface area contributed by atoms with Gasteiger partial charge < -0.3 is 10.2 Å². The van der Waals surface area contributed by atoms with E-state index in [0.29, 0.717) is 0 Å². The minimum atomic E-state index is -5.04. The van der Waals surface area contributed by atoms with E-state index in [9.17, 15) is 23.2 Å². The Morgan fingerprint density at radius 1 is 0.724 bits per heavy atom. The molecule has 5 nitrogen and oxygen atoms in total. The number of hydrogen-bond acceptors (Lipinski definition) is 4. The molecular formula is C19H12Cl4O5S. The lowest BCUT2D eigenvalue weighted by atomic mass is 9.83. The summed E-state index contributed by atoms with van der Waals surface area (Å²) in [6.07, 6.45) is 0. The Kier molecular flexibility index (Phi) is 5.98. The molecule has 0 aliphatic heterocycles. The van der Waals surface area contributed by atoms with Crippen molar-refractivity contribution in [2.45, 2.75) is 4.75 Å². The zero-order valence-electron chi connectivity index (χ0n) is 14.3. The lowest BCUT2D eigenvalue weighted by Crippen LogP contribution is -2.38. The molecule has 0 radical (unpaired) electrons. The summed E-state index contributed by atoms with van der Waals surface area (Å²) >= 11 is 24.3. The van der Waals surface area contributed by atoms with Crippen molar-refractivity contribution in [3.8, 4) is 11.5 Å². The first-order valence-corrected chi connectivity index (χ1v) is 10.9. The SMILES string of the molecule is O=S(=O)(O)C(c1ccccc1)(c1cc(O)c(Cl)c(O)c1)c1ccc(Cl)c(Cl)c1Cl. The van der Waals surface area contributed by atoms with Gasteiger partial charge in [0.05, 0.1) is 15.1 Å². The van der Waals surface area contributed by atoms with Gasteiger partial charge in [-0.2, -0.15) is 8.42 Å². The van der Waals surface area contributed by atoms with Crippen molar-refractivity contribution in [3.63, 3.8) is 0 Å². The third-order valence-corrected chi connectivity index (χ3v) is 7.57. The molecule has 0 aromatic heterocycles. The van der Waals surface area contributed by atoms with Crippen LogP contribution in [0.2, 0.25) is 20.1 Å². The minimum Gasteiger partial charge on any atom is -0.506 e. The lowest BCUT2D eigenvalue weighted by molar-refractivity contribution is 0.444. The summed E-state index contributed by atoms with van der Waals surface area (Å²) in [5.41, 5.74) is -0.279. The normalized spacial score (nSPS) is 13.8. The van der Waals surface area contributed by atoms with E-state index >= 15 is 0 Å². The molecule has 0 spiro atoms. The number of phenols is 2. The van der Waals surface area contributed by atoms with Gasteiger partial charge in [0, 0.05) is 5.56 Å². The van der Waals surface area contributed by atoms with Gasteiger partial charge in [0.15, 0.2) is 4.75 Å². The highest BCUT2D eigenvalue weighted by Gasteiger charge is 2.50. The summed E-state index contributed by atoms with van der Waals surface area (Å²) in [7, 11) is -5.04. The lowest BCUT2D eigenvalue weighted by Gasteiger charge is -2.33. The number of phenolic OH excluding ortho intramolecular Hbond substituents is 2. The van der Waals surface area contributed by atoms with E-state index in [1.54, 1.807) is 18.2 Å². The highest BCUT2D eigenvalue weighted by molar-refractivity contribution is 7.87. The number of halogens is 4. The van der Waals surface area contributed by atoms with Crippen LogP contribution < -0.4 is 0 Å². The summed E-state index contributed by atoms with van der Waals surface area (Å²) in [6.45, 7) is 0. The third-order valence-electron chi connectivity index (χ3n) is 4.42. The van der Waals surface area contributed by atoms with Gasteiger partial charge >= 0.3 is 0 Å². The molecule has 152 valence electrons. The fourth-order valence-corrected chi connectivity index (χ4v) is 5.32. The van der Waals surface area contributed by atoms with E-state index in [4.69, 9.17) is 46.4 Å². The summed E-state index contributed by atoms with van der Waals surface area (Å²) in [5, 5.41) is 19.6. The molecule has 3 aromatic rings. The van der Waals surface area contributed by atoms with E-state index in [-0.39, 0.29) is 36.8 Å². The Labute approximate surface area is 186 Å². The van der Waals surface area contributed by atoms with E-state index in [1.807, 2.05) is 0 Å². The van der Waals surface area contributed by atoms with Crippen LogP contribution >= 0.6 is 46.4 Å². The smallest absolute Gasteiger partial charge is 0.283 e. The first-order chi connectivity index (χ1) is 13.5. The van der Waals surface area contributed by atoms with Crippen molar-refractivity contribution in [1.82, 2.24) is 0 Å². The fourth-order valence-electron chi connectivity index (χ4n) is 3.18. The maximum atomic E-state index is 12.9. The van der Waals surface area contributed by atoms with E-state index in [1.165, 1.54) is 24.3 Å². The van der Waals surface area contributed by atoms with Crippen LogP contribution in [0.3, 0.4) is 0 Å². The van der Waals surface area contributed by atoms with Crippen molar-refractivity contribution < 1.29 is 23.2 Å². The van der Waals surface area contributed by atoms with Gasteiger partial charge in [-0.1, -0.05) is 82.8 Å². The van der Waals surface area contributed by atoms with Gasteiger partial charge in [0.1, 0.15) is 16.5 Å². The highest BCUT2D eigenvalue weighted by atomic mass is 35.5. The number of rotatable bonds is 4. The molecule has 0 saturated carbocycles. The number of hydrogen-bond donors (Lipinski definition) is 3. The summed E-state index contributed by atoms with van der Waals surface area (Å²) in [5.74, 6) is -1.19. The fraction of sp³-hybridized carbons (Fsp3) is 0.0526. The molecule has 0 aliphatic carbocycles. The van der Waals surface area contributed by atoms with Crippen LogP contribution in [0.25, 0.3) is 0 Å². The van der Waals surface area contributed by atoms with Crippen molar-refractivity contribution in [2.75, 3.05) is 0 Å². The molecule has 0 aliphatic rings. The molecule has 1 unspecified atom stereocenters. The Bertz CT molecular complexity index is 1180. The first-order valence-electron chi connectivity index (χ1n) is 7.90. The Morgan fingerprint density at radius 3 is 1.79 bits per heavy atom. The van der Waals surface area contributed by atoms with Crippen LogP contribution in [0, 0.1) is 0 Å². The van der Waals surface area contributed by atoms with Gasteiger partial charge in [-0.3, -0.25) is 4.55 Å². The summed E-state index contributed by atoms with van der Waals surface area (Å²) in [6, 6.07) is 12.3. The molecule has 3 N–H and O–H groups in total. The van der Waals surface area contributed by atoms with Crippen LogP contribution in [0.4, 0.5) is 0 Å².